The number of benzene rings is 4. The zero-order chi connectivity index (χ0) is 42.6. The molecule has 0 aromatic heterocycles. The highest BCUT2D eigenvalue weighted by Crippen LogP contribution is 2.38. The van der Waals surface area contributed by atoms with Gasteiger partial charge in [0.2, 0.25) is 0 Å². The van der Waals surface area contributed by atoms with Crippen LogP contribution in [-0.4, -0.2) is 88.2 Å². The molecule has 1 N–H and O–H groups in total. The lowest BCUT2D eigenvalue weighted by atomic mass is 9.94. The fraction of sp³-hybridized carbons (Fsp3) is 0.478. The van der Waals surface area contributed by atoms with E-state index in [1.165, 1.54) is 0 Å². The largest absolute Gasteiger partial charge is 0.497 e. The normalized spacial score (nSPS) is 24.7. The molecule has 6 rings (SSSR count). The van der Waals surface area contributed by atoms with Crippen LogP contribution in [0.15, 0.2) is 103 Å². The van der Waals surface area contributed by atoms with Crippen molar-refractivity contribution >= 4 is 21.3 Å². The first kappa shape index (κ1) is 45.8. The van der Waals surface area contributed by atoms with Gasteiger partial charge in [0.1, 0.15) is 64.5 Å². The van der Waals surface area contributed by atoms with E-state index in [2.05, 4.69) is 13.8 Å². The molecular weight excluding hydrogens is 809 g/mol. The van der Waals surface area contributed by atoms with Gasteiger partial charge in [0, 0.05) is 17.4 Å². The first-order valence-corrected chi connectivity index (χ1v) is 23.3. The Labute approximate surface area is 358 Å². The van der Waals surface area contributed by atoms with Gasteiger partial charge in [-0.05, 0) is 70.4 Å². The second-order valence-electron chi connectivity index (χ2n) is 15.3. The summed E-state index contributed by atoms with van der Waals surface area (Å²) in [6.07, 6.45) is -3.71. The van der Waals surface area contributed by atoms with Gasteiger partial charge in [0.05, 0.1) is 47.8 Å². The standard InChI is InChI=1S/C46H58O12S2/c1-7-42-32(3)41(54-26-34-15-21-38(51-5)22-16-34)30-59(42)29-31(2)43(58-60(47,48)49)45(55-27-35-17-23-39(52-6)24-18-35)44-40(53-25-33-13-19-37(50-4)20-14-33)28-56-46(57-44)36-11-9-8-10-12-36/h8-24,31-32,40-46H,7,25-30H2,1-6H3/p+1/t31-,32+,40+,41-,42-,43?,44-,45+,46?,59?/m1/s1. The van der Waals surface area contributed by atoms with Gasteiger partial charge >= 0.3 is 10.4 Å². The topological polar surface area (TPSA) is 137 Å². The second-order valence-corrected chi connectivity index (χ2v) is 18.7. The Morgan fingerprint density at radius 1 is 0.750 bits per heavy atom. The minimum Gasteiger partial charge on any atom is -0.497 e. The van der Waals surface area contributed by atoms with Gasteiger partial charge < -0.3 is 37.9 Å². The lowest BCUT2D eigenvalue weighted by molar-refractivity contribution is -0.298. The van der Waals surface area contributed by atoms with Crippen LogP contribution in [0.3, 0.4) is 0 Å². The molecule has 60 heavy (non-hydrogen) atoms. The number of ether oxygens (including phenoxy) is 8. The van der Waals surface area contributed by atoms with E-state index in [4.69, 9.17) is 42.1 Å². The molecule has 0 amide bonds. The molecule has 0 radical (unpaired) electrons. The van der Waals surface area contributed by atoms with E-state index in [0.29, 0.717) is 23.4 Å². The van der Waals surface area contributed by atoms with Crippen molar-refractivity contribution in [3.63, 3.8) is 0 Å². The summed E-state index contributed by atoms with van der Waals surface area (Å²) < 4.78 is 90.9. The van der Waals surface area contributed by atoms with Crippen molar-refractivity contribution in [2.24, 2.45) is 11.8 Å². The lowest BCUT2D eigenvalue weighted by Gasteiger charge is -2.43. The number of rotatable bonds is 21. The van der Waals surface area contributed by atoms with Crippen molar-refractivity contribution in [2.45, 2.75) is 89.1 Å². The monoisotopic (exact) mass is 867 g/mol. The summed E-state index contributed by atoms with van der Waals surface area (Å²) in [6.45, 7) is 7.25. The van der Waals surface area contributed by atoms with Crippen LogP contribution in [0.2, 0.25) is 0 Å². The van der Waals surface area contributed by atoms with Crippen molar-refractivity contribution in [3.8, 4) is 17.2 Å². The van der Waals surface area contributed by atoms with Crippen LogP contribution in [0.25, 0.3) is 0 Å². The third-order valence-electron chi connectivity index (χ3n) is 11.3. The summed E-state index contributed by atoms with van der Waals surface area (Å²) in [5, 5.41) is 0.334. The molecule has 12 nitrogen and oxygen atoms in total. The van der Waals surface area contributed by atoms with E-state index in [-0.39, 0.29) is 42.7 Å². The van der Waals surface area contributed by atoms with Gasteiger partial charge in [-0.3, -0.25) is 4.55 Å². The van der Waals surface area contributed by atoms with Crippen LogP contribution >= 0.6 is 0 Å². The number of hydrogen-bond acceptors (Lipinski definition) is 11. The van der Waals surface area contributed by atoms with E-state index in [9.17, 15) is 13.0 Å². The van der Waals surface area contributed by atoms with Gasteiger partial charge in [0.15, 0.2) is 6.29 Å². The molecule has 14 heteroatoms. The van der Waals surface area contributed by atoms with Gasteiger partial charge in [-0.2, -0.15) is 8.42 Å². The maximum atomic E-state index is 12.9. The smallest absolute Gasteiger partial charge is 0.397 e. The van der Waals surface area contributed by atoms with E-state index in [0.717, 1.165) is 45.9 Å². The van der Waals surface area contributed by atoms with Gasteiger partial charge in [0.25, 0.3) is 0 Å². The van der Waals surface area contributed by atoms with E-state index < -0.39 is 47.0 Å². The lowest BCUT2D eigenvalue weighted by Crippen LogP contribution is -2.56. The average molecular weight is 868 g/mol. The maximum Gasteiger partial charge on any atom is 0.397 e. The molecule has 2 heterocycles. The number of methoxy groups -OCH3 is 3. The predicted molar refractivity (Wildman–Crippen MR) is 231 cm³/mol. The molecule has 0 aliphatic carbocycles. The summed E-state index contributed by atoms with van der Waals surface area (Å²) in [7, 11) is -0.304. The van der Waals surface area contributed by atoms with Crippen molar-refractivity contribution in [1.82, 2.24) is 0 Å². The van der Waals surface area contributed by atoms with Crippen LogP contribution in [0.5, 0.6) is 17.2 Å². The first-order valence-electron chi connectivity index (χ1n) is 20.4. The van der Waals surface area contributed by atoms with E-state index in [1.54, 1.807) is 21.3 Å². The van der Waals surface area contributed by atoms with Crippen LogP contribution in [0, 0.1) is 11.8 Å². The highest BCUT2D eigenvalue weighted by atomic mass is 32.3. The molecule has 2 saturated heterocycles. The molecule has 0 spiro atoms. The minimum absolute atomic E-state index is 0.0110. The van der Waals surface area contributed by atoms with Crippen LogP contribution in [0.4, 0.5) is 0 Å². The van der Waals surface area contributed by atoms with Gasteiger partial charge in [-0.15, -0.1) is 0 Å². The molecule has 0 bridgehead atoms. The van der Waals surface area contributed by atoms with Crippen molar-refractivity contribution in [1.29, 1.82) is 0 Å². The molecule has 2 fully saturated rings. The van der Waals surface area contributed by atoms with Crippen molar-refractivity contribution < 1.29 is 55.0 Å². The Hall–Kier alpha value is -3.70. The summed E-state index contributed by atoms with van der Waals surface area (Å²) in [5.41, 5.74) is 3.54. The quantitative estimate of drug-likeness (QED) is 0.0648. The molecule has 3 unspecified atom stereocenters. The maximum absolute atomic E-state index is 12.9. The Balaban J connectivity index is 1.30. The zero-order valence-corrected chi connectivity index (χ0v) is 36.8. The highest BCUT2D eigenvalue weighted by Gasteiger charge is 2.52. The van der Waals surface area contributed by atoms with Crippen LogP contribution < -0.4 is 14.2 Å². The van der Waals surface area contributed by atoms with Gasteiger partial charge in [-0.25, -0.2) is 4.18 Å². The SMILES string of the molecule is CC[C@@H]1[C@@H](C)[C@H](OCc2ccc(OC)cc2)C[S+]1C[C@@H](C)C(OS(=O)(=O)O)[C@H](OCc1ccc(OC)cc1)[C@@H]1OC(c2ccccc2)OC[C@@H]1OCc1ccc(OC)cc1. The molecule has 0 saturated carbocycles. The van der Waals surface area contributed by atoms with E-state index >= 15 is 0 Å². The molecule has 326 valence electrons. The third-order valence-corrected chi connectivity index (χ3v) is 15.1. The second kappa shape index (κ2) is 21.9. The molecule has 4 aromatic rings. The average Bonchev–Trinajstić information content (AvgIpc) is 3.57. The van der Waals surface area contributed by atoms with Crippen LogP contribution in [-0.2, 0) is 69.0 Å². The first-order chi connectivity index (χ1) is 29.0. The molecule has 2 aliphatic heterocycles. The summed E-state index contributed by atoms with van der Waals surface area (Å²) >= 11 is 0. The van der Waals surface area contributed by atoms with Crippen molar-refractivity contribution in [2.75, 3.05) is 39.4 Å². The third kappa shape index (κ3) is 12.5. The zero-order valence-electron chi connectivity index (χ0n) is 35.2. The van der Waals surface area contributed by atoms with E-state index in [1.807, 2.05) is 110 Å². The summed E-state index contributed by atoms with van der Waals surface area (Å²) in [5.74, 6) is 3.46. The van der Waals surface area contributed by atoms with Crippen molar-refractivity contribution in [3.05, 3.63) is 125 Å². The molecule has 10 atom stereocenters. The van der Waals surface area contributed by atoms with Gasteiger partial charge in [-0.1, -0.05) is 87.5 Å². The Morgan fingerprint density at radius 3 is 1.77 bits per heavy atom. The highest BCUT2D eigenvalue weighted by molar-refractivity contribution is 7.97. The fourth-order valence-electron chi connectivity index (χ4n) is 7.98. The fourth-order valence-corrected chi connectivity index (χ4v) is 12.1. The summed E-state index contributed by atoms with van der Waals surface area (Å²) in [4.78, 5) is 0. The molecule has 4 aromatic carbocycles. The molecule has 2 aliphatic rings. The Morgan fingerprint density at radius 2 is 1.27 bits per heavy atom. The Kier molecular flexibility index (Phi) is 16.7. The number of hydrogen-bond donors (Lipinski definition) is 1. The predicted octanol–water partition coefficient (Wildman–Crippen LogP) is 7.75. The summed E-state index contributed by atoms with van der Waals surface area (Å²) in [6, 6.07) is 32.4. The van der Waals surface area contributed by atoms with Crippen LogP contribution in [0.1, 0.15) is 55.7 Å². The minimum atomic E-state index is -4.97. The Bertz CT molecular complexity index is 1980. The molecular formula is C46H59O12S2+.